The Hall–Kier alpha value is -1.92. The van der Waals surface area contributed by atoms with E-state index in [1.807, 2.05) is 0 Å². The molecule has 0 saturated heterocycles. The van der Waals surface area contributed by atoms with E-state index in [1.54, 1.807) is 0 Å². The summed E-state index contributed by atoms with van der Waals surface area (Å²) >= 11 is 0. The van der Waals surface area contributed by atoms with Crippen LogP contribution in [-0.2, 0) is 14.3 Å². The smallest absolute Gasteiger partial charge is 0.306 e. The zero-order valence-corrected chi connectivity index (χ0v) is 37.3. The van der Waals surface area contributed by atoms with Crippen LogP contribution in [0.4, 0.5) is 0 Å². The first kappa shape index (κ1) is 54.1. The van der Waals surface area contributed by atoms with E-state index < -0.39 is 18.2 Å². The Labute approximate surface area is 347 Å². The van der Waals surface area contributed by atoms with Crippen molar-refractivity contribution in [3.8, 4) is 0 Å². The summed E-state index contributed by atoms with van der Waals surface area (Å²) in [5.41, 5.74) is 0. The van der Waals surface area contributed by atoms with E-state index in [9.17, 15) is 19.8 Å². The van der Waals surface area contributed by atoms with Gasteiger partial charge in [0.2, 0.25) is 5.91 Å². The fraction of sp³-hybridized carbons (Fsp3) is 0.840. The lowest BCUT2D eigenvalue weighted by molar-refractivity contribution is -0.151. The van der Waals surface area contributed by atoms with E-state index in [0.29, 0.717) is 19.3 Å². The second-order valence-corrected chi connectivity index (χ2v) is 16.6. The van der Waals surface area contributed by atoms with Crippen molar-refractivity contribution in [3.05, 3.63) is 36.5 Å². The maximum atomic E-state index is 13.1. The van der Waals surface area contributed by atoms with Crippen LogP contribution in [0.25, 0.3) is 0 Å². The van der Waals surface area contributed by atoms with Gasteiger partial charge in [-0.3, -0.25) is 9.59 Å². The fourth-order valence-electron chi connectivity index (χ4n) is 7.31. The van der Waals surface area contributed by atoms with Crippen molar-refractivity contribution in [3.63, 3.8) is 0 Å². The lowest BCUT2D eigenvalue weighted by atomic mass is 10.0. The fourth-order valence-corrected chi connectivity index (χ4v) is 7.31. The van der Waals surface area contributed by atoms with Crippen LogP contribution < -0.4 is 5.32 Å². The van der Waals surface area contributed by atoms with Crippen LogP contribution in [0.5, 0.6) is 0 Å². The number of nitrogens with one attached hydrogen (secondary N) is 1. The van der Waals surface area contributed by atoms with Crippen LogP contribution in [0, 0.1) is 0 Å². The van der Waals surface area contributed by atoms with Gasteiger partial charge in [0.1, 0.15) is 6.10 Å². The first-order valence-electron chi connectivity index (χ1n) is 24.2. The quantitative estimate of drug-likeness (QED) is 0.0325. The molecule has 0 aliphatic rings. The summed E-state index contributed by atoms with van der Waals surface area (Å²) in [6.07, 6.45) is 50.6. The van der Waals surface area contributed by atoms with E-state index in [4.69, 9.17) is 4.74 Å². The Kier molecular flexibility index (Phi) is 42.7. The Balaban J connectivity index is 4.63. The van der Waals surface area contributed by atoms with Crippen LogP contribution in [-0.4, -0.2) is 46.9 Å². The molecular weight excluding hydrogens is 695 g/mol. The molecule has 3 N–H and O–H groups in total. The summed E-state index contributed by atoms with van der Waals surface area (Å²) in [5.74, 6) is -0.504. The molecule has 0 rings (SSSR count). The van der Waals surface area contributed by atoms with Crippen molar-refractivity contribution in [2.24, 2.45) is 0 Å². The second-order valence-electron chi connectivity index (χ2n) is 16.6. The number of carbonyl (C=O) groups is 2. The molecule has 328 valence electrons. The molecule has 0 radical (unpaired) electrons. The lowest BCUT2D eigenvalue weighted by Gasteiger charge is -2.24. The number of unbranched alkanes of at least 4 members (excludes halogenated alkanes) is 27. The molecule has 0 spiro atoms. The Morgan fingerprint density at radius 1 is 0.518 bits per heavy atom. The van der Waals surface area contributed by atoms with Crippen molar-refractivity contribution in [1.29, 1.82) is 0 Å². The van der Waals surface area contributed by atoms with E-state index in [-0.39, 0.29) is 24.9 Å². The summed E-state index contributed by atoms with van der Waals surface area (Å²) < 4.78 is 5.89. The van der Waals surface area contributed by atoms with Crippen molar-refractivity contribution >= 4 is 11.9 Å². The summed E-state index contributed by atoms with van der Waals surface area (Å²) in [6.45, 7) is 6.43. The number of rotatable bonds is 43. The molecule has 0 aliphatic heterocycles. The SMILES string of the molecule is CCCCCCC/C=C/C=C/C=C/CCCCCC(CC(=O)NC(CO)C(O)CCCCCCCCCCCCCC)OC(=O)CCCCCCCCCCC. The topological polar surface area (TPSA) is 95.9 Å². The average molecular weight is 788 g/mol. The van der Waals surface area contributed by atoms with E-state index in [0.717, 1.165) is 70.6 Å². The van der Waals surface area contributed by atoms with Crippen LogP contribution in [0.2, 0.25) is 0 Å². The van der Waals surface area contributed by atoms with Gasteiger partial charge in [-0.1, -0.05) is 218 Å². The van der Waals surface area contributed by atoms with Gasteiger partial charge in [-0.15, -0.1) is 0 Å². The third-order valence-corrected chi connectivity index (χ3v) is 11.0. The molecule has 0 aromatic carbocycles. The summed E-state index contributed by atoms with van der Waals surface area (Å²) in [4.78, 5) is 26.0. The van der Waals surface area contributed by atoms with Gasteiger partial charge < -0.3 is 20.3 Å². The normalized spacial score (nSPS) is 13.6. The van der Waals surface area contributed by atoms with Gasteiger partial charge in [0, 0.05) is 6.42 Å². The van der Waals surface area contributed by atoms with Gasteiger partial charge in [0.05, 0.1) is 25.2 Å². The highest BCUT2D eigenvalue weighted by Crippen LogP contribution is 2.17. The highest BCUT2D eigenvalue weighted by molar-refractivity contribution is 5.77. The Morgan fingerprint density at radius 3 is 1.38 bits per heavy atom. The minimum atomic E-state index is -0.793. The molecule has 56 heavy (non-hydrogen) atoms. The Bertz CT molecular complexity index is 930. The second kappa shape index (κ2) is 44.2. The molecule has 6 nitrogen and oxygen atoms in total. The van der Waals surface area contributed by atoms with Crippen molar-refractivity contribution in [2.75, 3.05) is 6.61 Å². The van der Waals surface area contributed by atoms with Gasteiger partial charge in [-0.05, 0) is 51.4 Å². The van der Waals surface area contributed by atoms with Gasteiger partial charge in [-0.2, -0.15) is 0 Å². The number of carbonyl (C=O) groups excluding carboxylic acids is 2. The number of aliphatic hydroxyl groups excluding tert-OH is 2. The molecule has 0 fully saturated rings. The maximum absolute atomic E-state index is 13.1. The zero-order valence-electron chi connectivity index (χ0n) is 37.3. The minimum Gasteiger partial charge on any atom is -0.462 e. The largest absolute Gasteiger partial charge is 0.462 e. The summed E-state index contributed by atoms with van der Waals surface area (Å²) in [6, 6.07) is -0.708. The van der Waals surface area contributed by atoms with Gasteiger partial charge in [0.25, 0.3) is 0 Å². The number of ether oxygens (including phenoxy) is 1. The molecule has 0 bridgehead atoms. The van der Waals surface area contributed by atoms with Crippen LogP contribution in [0.1, 0.15) is 245 Å². The van der Waals surface area contributed by atoms with Crippen LogP contribution >= 0.6 is 0 Å². The molecule has 0 heterocycles. The minimum absolute atomic E-state index is 0.0578. The Morgan fingerprint density at radius 2 is 0.911 bits per heavy atom. The number of esters is 1. The predicted octanol–water partition coefficient (Wildman–Crippen LogP) is 14.1. The molecule has 0 aromatic heterocycles. The molecule has 0 saturated carbocycles. The molecule has 1 amide bonds. The first-order valence-corrected chi connectivity index (χ1v) is 24.2. The average Bonchev–Trinajstić information content (AvgIpc) is 3.19. The molecule has 3 unspecified atom stereocenters. The monoisotopic (exact) mass is 788 g/mol. The van der Waals surface area contributed by atoms with Gasteiger partial charge >= 0.3 is 5.97 Å². The number of allylic oxidation sites excluding steroid dienone is 6. The van der Waals surface area contributed by atoms with E-state index in [1.165, 1.54) is 128 Å². The van der Waals surface area contributed by atoms with Crippen molar-refractivity contribution in [2.45, 2.75) is 264 Å². The first-order chi connectivity index (χ1) is 27.5. The van der Waals surface area contributed by atoms with Gasteiger partial charge in [0.15, 0.2) is 0 Å². The number of hydrogen-bond acceptors (Lipinski definition) is 5. The molecular formula is C50H93NO5. The third-order valence-electron chi connectivity index (χ3n) is 11.0. The predicted molar refractivity (Wildman–Crippen MR) is 241 cm³/mol. The van der Waals surface area contributed by atoms with Crippen molar-refractivity contribution < 1.29 is 24.5 Å². The van der Waals surface area contributed by atoms with Gasteiger partial charge in [-0.25, -0.2) is 0 Å². The summed E-state index contributed by atoms with van der Waals surface area (Å²) in [5, 5.41) is 23.7. The lowest BCUT2D eigenvalue weighted by Crippen LogP contribution is -2.46. The molecule has 0 aliphatic carbocycles. The standard InChI is InChI=1S/C50H93NO5/c1-4-7-10-13-16-19-21-23-24-25-26-27-30-32-35-38-41-46(56-50(55)43-40-37-34-29-18-15-12-9-6-3)44-49(54)51-47(45-52)48(53)42-39-36-33-31-28-22-20-17-14-11-8-5-2/h21,23-27,46-48,52-53H,4-20,22,28-45H2,1-3H3,(H,51,54)/b23-21+,25-24+,27-26+. The highest BCUT2D eigenvalue weighted by Gasteiger charge is 2.24. The highest BCUT2D eigenvalue weighted by atomic mass is 16.5. The van der Waals surface area contributed by atoms with Crippen LogP contribution in [0.3, 0.4) is 0 Å². The van der Waals surface area contributed by atoms with Crippen molar-refractivity contribution in [1.82, 2.24) is 5.32 Å². The summed E-state index contributed by atoms with van der Waals surface area (Å²) in [7, 11) is 0. The third kappa shape index (κ3) is 38.9. The van der Waals surface area contributed by atoms with E-state index >= 15 is 0 Å². The maximum Gasteiger partial charge on any atom is 0.306 e. The number of amides is 1. The number of aliphatic hydroxyl groups is 2. The molecule has 6 heteroatoms. The van der Waals surface area contributed by atoms with Crippen LogP contribution in [0.15, 0.2) is 36.5 Å². The number of hydrogen-bond donors (Lipinski definition) is 3. The molecule has 3 atom stereocenters. The zero-order chi connectivity index (χ0) is 41.0. The van der Waals surface area contributed by atoms with E-state index in [2.05, 4.69) is 62.5 Å². The molecule has 0 aromatic rings.